The van der Waals surface area contributed by atoms with Gasteiger partial charge in [-0.3, -0.25) is 14.3 Å². The molecule has 0 saturated carbocycles. The number of aromatic nitrogens is 2. The molecule has 0 radical (unpaired) electrons. The third kappa shape index (κ3) is 5.63. The first kappa shape index (κ1) is 27.4. The van der Waals surface area contributed by atoms with E-state index in [0.29, 0.717) is 13.1 Å². The highest BCUT2D eigenvalue weighted by atomic mass is 35.5. The summed E-state index contributed by atoms with van der Waals surface area (Å²) in [6.45, 7) is 2.63. The minimum Gasteiger partial charge on any atom is -0.494 e. The number of hydrogen-bond acceptors (Lipinski definition) is 6. The van der Waals surface area contributed by atoms with Crippen molar-refractivity contribution in [1.82, 2.24) is 14.5 Å². The molecular formula is C25H27ClF3N3O4S. The van der Waals surface area contributed by atoms with Crippen LogP contribution in [0.15, 0.2) is 40.3 Å². The molecule has 0 unspecified atom stereocenters. The van der Waals surface area contributed by atoms with E-state index in [0.717, 1.165) is 29.9 Å². The molecule has 0 atom stereocenters. The van der Waals surface area contributed by atoms with Gasteiger partial charge >= 0.3 is 6.18 Å². The van der Waals surface area contributed by atoms with Gasteiger partial charge in [-0.05, 0) is 55.8 Å². The molecule has 2 heterocycles. The highest BCUT2D eigenvalue weighted by Gasteiger charge is 2.37. The predicted molar refractivity (Wildman–Crippen MR) is 135 cm³/mol. The average Bonchev–Trinajstić information content (AvgIpc) is 2.85. The summed E-state index contributed by atoms with van der Waals surface area (Å²) in [7, 11) is -2.39. The van der Waals surface area contributed by atoms with Gasteiger partial charge in [0.25, 0.3) is 5.56 Å². The van der Waals surface area contributed by atoms with Crippen LogP contribution in [0.5, 0.6) is 5.75 Å². The molecule has 7 nitrogen and oxygen atoms in total. The Bertz CT molecular complexity index is 1480. The molecule has 12 heteroatoms. The van der Waals surface area contributed by atoms with Crippen molar-refractivity contribution in [3.05, 3.63) is 62.7 Å². The van der Waals surface area contributed by atoms with E-state index in [1.165, 1.54) is 38.6 Å². The minimum atomic E-state index is -4.73. The third-order valence-corrected chi connectivity index (χ3v) is 8.66. The van der Waals surface area contributed by atoms with E-state index in [1.54, 1.807) is 0 Å². The van der Waals surface area contributed by atoms with Crippen LogP contribution < -0.4 is 10.3 Å². The molecule has 0 bridgehead atoms. The van der Waals surface area contributed by atoms with E-state index in [9.17, 15) is 26.4 Å². The van der Waals surface area contributed by atoms with Crippen molar-refractivity contribution in [3.63, 3.8) is 0 Å². The standard InChI is InChI=1S/C25H27ClF3N3O4S/c1-3-37(34,35)21-8-7-17(26)11-16(21)13-32-15-30-22-18(24(32)33)12-20(25(27,28)29)19(23(22)36-2)14-31-9-5-4-6-10-31/h7-8,11-12,15H,3-6,9-10,13-14H2,1-2H3. The summed E-state index contributed by atoms with van der Waals surface area (Å²) >= 11 is 6.08. The van der Waals surface area contributed by atoms with E-state index in [1.807, 2.05) is 4.90 Å². The first-order valence-electron chi connectivity index (χ1n) is 11.9. The predicted octanol–water partition coefficient (Wildman–Crippen LogP) is 4.91. The van der Waals surface area contributed by atoms with Gasteiger partial charge in [0.05, 0.1) is 41.6 Å². The van der Waals surface area contributed by atoms with E-state index in [2.05, 4.69) is 4.98 Å². The Balaban J connectivity index is 1.88. The highest BCUT2D eigenvalue weighted by molar-refractivity contribution is 7.91. The van der Waals surface area contributed by atoms with Gasteiger partial charge in [0.15, 0.2) is 9.84 Å². The monoisotopic (exact) mass is 557 g/mol. The van der Waals surface area contributed by atoms with E-state index in [-0.39, 0.29) is 56.5 Å². The number of halogens is 4. The summed E-state index contributed by atoms with van der Waals surface area (Å²) < 4.78 is 74.2. The normalized spacial score (nSPS) is 15.3. The maximum Gasteiger partial charge on any atom is 0.416 e. The summed E-state index contributed by atoms with van der Waals surface area (Å²) in [6.07, 6.45) is -0.700. The Kier molecular flexibility index (Phi) is 7.87. The maximum absolute atomic E-state index is 14.2. The first-order chi connectivity index (χ1) is 17.5. The lowest BCUT2D eigenvalue weighted by Gasteiger charge is -2.28. The van der Waals surface area contributed by atoms with Gasteiger partial charge in [-0.15, -0.1) is 0 Å². The van der Waals surface area contributed by atoms with Crippen LogP contribution in [0, 0.1) is 0 Å². The summed E-state index contributed by atoms with van der Waals surface area (Å²) in [4.78, 5) is 19.6. The summed E-state index contributed by atoms with van der Waals surface area (Å²) in [6, 6.07) is 5.03. The second-order valence-corrected chi connectivity index (χ2v) is 11.7. The SMILES string of the molecule is CCS(=O)(=O)c1ccc(Cl)cc1Cn1cnc2c(OC)c(CN3CCCCC3)c(C(F)(F)F)cc2c1=O. The minimum absolute atomic E-state index is 0.00293. The Morgan fingerprint density at radius 3 is 2.43 bits per heavy atom. The number of nitrogens with zero attached hydrogens (tertiary/aromatic N) is 3. The lowest BCUT2D eigenvalue weighted by molar-refractivity contribution is -0.138. The molecule has 37 heavy (non-hydrogen) atoms. The van der Waals surface area contributed by atoms with Crippen molar-refractivity contribution < 1.29 is 26.3 Å². The van der Waals surface area contributed by atoms with Crippen LogP contribution in [-0.4, -0.2) is 48.8 Å². The quantitative estimate of drug-likeness (QED) is 0.411. The fraction of sp³-hybridized carbons (Fsp3) is 0.440. The van der Waals surface area contributed by atoms with Crippen LogP contribution in [0.25, 0.3) is 10.9 Å². The number of methoxy groups -OCH3 is 1. The Hall–Kier alpha value is -2.63. The smallest absolute Gasteiger partial charge is 0.416 e. The van der Waals surface area contributed by atoms with Gasteiger partial charge in [0, 0.05) is 17.1 Å². The second kappa shape index (κ2) is 10.6. The Morgan fingerprint density at radius 1 is 1.11 bits per heavy atom. The van der Waals surface area contributed by atoms with Crippen LogP contribution in [0.3, 0.4) is 0 Å². The van der Waals surface area contributed by atoms with Gasteiger partial charge < -0.3 is 4.74 Å². The van der Waals surface area contributed by atoms with Crippen LogP contribution in [0.4, 0.5) is 13.2 Å². The summed E-state index contributed by atoms with van der Waals surface area (Å²) in [5.74, 6) is -0.255. The molecule has 1 aliphatic rings. The molecule has 0 amide bonds. The van der Waals surface area contributed by atoms with E-state index in [4.69, 9.17) is 16.3 Å². The number of hydrogen-bond donors (Lipinski definition) is 0. The van der Waals surface area contributed by atoms with E-state index >= 15 is 0 Å². The Labute approximate surface area is 217 Å². The van der Waals surface area contributed by atoms with Crippen LogP contribution in [0.2, 0.25) is 5.02 Å². The molecule has 2 aromatic carbocycles. The maximum atomic E-state index is 14.2. The topological polar surface area (TPSA) is 81.5 Å². The molecular weight excluding hydrogens is 531 g/mol. The molecule has 1 aliphatic heterocycles. The number of benzene rings is 2. The van der Waals surface area contributed by atoms with Crippen LogP contribution in [-0.2, 0) is 29.1 Å². The zero-order valence-corrected chi connectivity index (χ0v) is 22.0. The fourth-order valence-electron chi connectivity index (χ4n) is 4.71. The zero-order chi connectivity index (χ0) is 27.0. The molecule has 0 aliphatic carbocycles. The van der Waals surface area contributed by atoms with Crippen molar-refractivity contribution in [2.45, 2.75) is 50.3 Å². The number of rotatable bonds is 7. The van der Waals surface area contributed by atoms with Gasteiger partial charge in [-0.1, -0.05) is 24.9 Å². The molecule has 1 fully saturated rings. The van der Waals surface area contributed by atoms with Gasteiger partial charge in [0.2, 0.25) is 0 Å². The number of alkyl halides is 3. The summed E-state index contributed by atoms with van der Waals surface area (Å²) in [5.41, 5.74) is -1.49. The average molecular weight is 558 g/mol. The molecule has 4 rings (SSSR count). The molecule has 1 saturated heterocycles. The van der Waals surface area contributed by atoms with Crippen molar-refractivity contribution in [3.8, 4) is 5.75 Å². The van der Waals surface area contributed by atoms with Gasteiger partial charge in [0.1, 0.15) is 11.3 Å². The molecule has 0 N–H and O–H groups in total. The van der Waals surface area contributed by atoms with Crippen molar-refractivity contribution in [1.29, 1.82) is 0 Å². The number of likely N-dealkylation sites (tertiary alicyclic amines) is 1. The number of sulfone groups is 1. The first-order valence-corrected chi connectivity index (χ1v) is 13.9. The van der Waals surface area contributed by atoms with Crippen LogP contribution in [0.1, 0.15) is 42.9 Å². The van der Waals surface area contributed by atoms with Gasteiger partial charge in [-0.2, -0.15) is 13.2 Å². The molecule has 3 aromatic rings. The van der Waals surface area contributed by atoms with Crippen molar-refractivity contribution in [2.75, 3.05) is 26.0 Å². The van der Waals surface area contributed by atoms with E-state index < -0.39 is 27.1 Å². The highest BCUT2D eigenvalue weighted by Crippen LogP contribution is 2.40. The van der Waals surface area contributed by atoms with Crippen LogP contribution >= 0.6 is 11.6 Å². The van der Waals surface area contributed by atoms with Crippen molar-refractivity contribution >= 4 is 32.3 Å². The Morgan fingerprint density at radius 2 is 1.81 bits per heavy atom. The fourth-order valence-corrected chi connectivity index (χ4v) is 6.01. The molecule has 1 aromatic heterocycles. The molecule has 0 spiro atoms. The van der Waals surface area contributed by atoms with Gasteiger partial charge in [-0.25, -0.2) is 13.4 Å². The number of fused-ring (bicyclic) bond motifs is 1. The molecule has 200 valence electrons. The summed E-state index contributed by atoms with van der Waals surface area (Å²) in [5, 5.41) is -0.00812. The van der Waals surface area contributed by atoms with Crippen molar-refractivity contribution in [2.24, 2.45) is 0 Å². The zero-order valence-electron chi connectivity index (χ0n) is 20.4. The lowest BCUT2D eigenvalue weighted by atomic mass is 10.0. The second-order valence-electron chi connectivity index (χ2n) is 9.00. The number of piperidine rings is 1. The largest absolute Gasteiger partial charge is 0.494 e. The lowest BCUT2D eigenvalue weighted by Crippen LogP contribution is -2.30. The third-order valence-electron chi connectivity index (χ3n) is 6.59. The number of ether oxygens (including phenoxy) is 1.